The van der Waals surface area contributed by atoms with Gasteiger partial charge in [0.2, 0.25) is 0 Å². The Morgan fingerprint density at radius 3 is 2.60 bits per heavy atom. The van der Waals surface area contributed by atoms with Gasteiger partial charge >= 0.3 is 0 Å². The van der Waals surface area contributed by atoms with E-state index in [4.69, 9.17) is 0 Å². The van der Waals surface area contributed by atoms with Gasteiger partial charge in [0.15, 0.2) is 0 Å². The molecule has 0 unspecified atom stereocenters. The molecule has 2 heterocycles. The van der Waals surface area contributed by atoms with Crippen molar-refractivity contribution in [2.75, 3.05) is 0 Å². The number of benzene rings is 3. The predicted octanol–water partition coefficient (Wildman–Crippen LogP) is 6.23. The van der Waals surface area contributed by atoms with E-state index in [9.17, 15) is 5.26 Å². The molecular weight excluding hydrogens is 483 g/mol. The molecule has 0 bridgehead atoms. The van der Waals surface area contributed by atoms with Crippen LogP contribution < -0.4 is 0 Å². The topological polar surface area (TPSA) is 57.4 Å². The summed E-state index contributed by atoms with van der Waals surface area (Å²) in [6, 6.07) is 27.0. The van der Waals surface area contributed by atoms with Crippen LogP contribution in [0, 0.1) is 14.9 Å². The van der Waals surface area contributed by atoms with Crippen LogP contribution in [-0.2, 0) is 6.54 Å². The molecule has 0 aliphatic heterocycles. The van der Waals surface area contributed by atoms with E-state index in [1.807, 2.05) is 42.5 Å². The number of fused-ring (bicyclic) bond motifs is 2. The molecule has 0 radical (unpaired) electrons. The Morgan fingerprint density at radius 2 is 1.80 bits per heavy atom. The van der Waals surface area contributed by atoms with Crippen LogP contribution in [0.25, 0.3) is 33.6 Å². The lowest BCUT2D eigenvalue weighted by Crippen LogP contribution is -1.97. The molecule has 30 heavy (non-hydrogen) atoms. The Labute approximate surface area is 187 Å². The lowest BCUT2D eigenvalue weighted by Gasteiger charge is -2.05. The van der Waals surface area contributed by atoms with Crippen LogP contribution in [-0.4, -0.2) is 14.5 Å². The van der Waals surface area contributed by atoms with Gasteiger partial charge in [0.1, 0.15) is 11.9 Å². The van der Waals surface area contributed by atoms with Gasteiger partial charge < -0.3 is 9.55 Å². The monoisotopic (exact) mass is 500 g/mol. The molecule has 0 fully saturated rings. The third-order valence-electron chi connectivity index (χ3n) is 5.15. The van der Waals surface area contributed by atoms with Gasteiger partial charge in [-0.2, -0.15) is 5.26 Å². The number of H-pyrrole nitrogens is 1. The number of rotatable bonds is 4. The number of para-hydroxylation sites is 3. The first-order valence-electron chi connectivity index (χ1n) is 9.60. The largest absolute Gasteiger partial charge is 0.342 e. The van der Waals surface area contributed by atoms with E-state index in [1.54, 1.807) is 0 Å². The SMILES string of the molecule is N#CC(=Cc1cn(Cc2ccc(I)cc2)c2ccccc12)c1nc2ccccc2[nH]1. The van der Waals surface area contributed by atoms with Crippen molar-refractivity contribution < 1.29 is 0 Å². The van der Waals surface area contributed by atoms with Gasteiger partial charge in [-0.1, -0.05) is 42.5 Å². The van der Waals surface area contributed by atoms with Crippen LogP contribution >= 0.6 is 22.6 Å². The summed E-state index contributed by atoms with van der Waals surface area (Å²) in [5.74, 6) is 0.591. The van der Waals surface area contributed by atoms with Gasteiger partial charge in [-0.25, -0.2) is 4.98 Å². The fourth-order valence-corrected chi connectivity index (χ4v) is 4.06. The van der Waals surface area contributed by atoms with Gasteiger partial charge in [-0.3, -0.25) is 0 Å². The van der Waals surface area contributed by atoms with Crippen LogP contribution in [0.4, 0.5) is 0 Å². The Hall–Kier alpha value is -3.37. The summed E-state index contributed by atoms with van der Waals surface area (Å²) in [6.07, 6.45) is 4.03. The van der Waals surface area contributed by atoms with E-state index < -0.39 is 0 Å². The quantitative estimate of drug-likeness (QED) is 0.235. The minimum atomic E-state index is 0.517. The van der Waals surface area contributed by atoms with Crippen LogP contribution in [0.1, 0.15) is 17.0 Å². The standard InChI is InChI=1S/C25H17IN4/c26-20-11-9-17(10-12-20)15-30-16-19(21-5-1-4-8-24(21)30)13-18(14-27)25-28-22-6-2-3-7-23(22)29-25/h1-13,16H,15H2,(H,28,29). The van der Waals surface area contributed by atoms with Crippen molar-refractivity contribution in [3.63, 3.8) is 0 Å². The highest BCUT2D eigenvalue weighted by Crippen LogP contribution is 2.27. The van der Waals surface area contributed by atoms with Crippen LogP contribution in [0.5, 0.6) is 0 Å². The second-order valence-corrected chi connectivity index (χ2v) is 8.37. The molecule has 144 valence electrons. The van der Waals surface area contributed by atoms with E-state index in [0.717, 1.165) is 34.0 Å². The lowest BCUT2D eigenvalue weighted by molar-refractivity contribution is 0.836. The highest BCUT2D eigenvalue weighted by Gasteiger charge is 2.11. The number of allylic oxidation sites excluding steroid dienone is 1. The van der Waals surface area contributed by atoms with Gasteiger partial charge in [-0.15, -0.1) is 0 Å². The predicted molar refractivity (Wildman–Crippen MR) is 130 cm³/mol. The summed E-state index contributed by atoms with van der Waals surface area (Å²) in [5.41, 5.74) is 5.69. The van der Waals surface area contributed by atoms with Crippen molar-refractivity contribution in [1.82, 2.24) is 14.5 Å². The summed E-state index contributed by atoms with van der Waals surface area (Å²) in [7, 11) is 0. The number of hydrogen-bond donors (Lipinski definition) is 1. The Balaban J connectivity index is 1.59. The average Bonchev–Trinajstić information content (AvgIpc) is 3.35. The molecule has 0 aliphatic rings. The third kappa shape index (κ3) is 3.51. The number of nitrogens with one attached hydrogen (secondary N) is 1. The zero-order chi connectivity index (χ0) is 20.5. The molecule has 5 rings (SSSR count). The van der Waals surface area contributed by atoms with E-state index in [2.05, 4.69) is 85.8 Å². The zero-order valence-electron chi connectivity index (χ0n) is 16.0. The fraction of sp³-hybridized carbons (Fsp3) is 0.0400. The first kappa shape index (κ1) is 18.6. The zero-order valence-corrected chi connectivity index (χ0v) is 18.2. The van der Waals surface area contributed by atoms with Crippen molar-refractivity contribution in [3.8, 4) is 6.07 Å². The molecule has 0 spiro atoms. The minimum absolute atomic E-state index is 0.517. The van der Waals surface area contributed by atoms with Gasteiger partial charge in [-0.05, 0) is 64.6 Å². The molecule has 0 saturated heterocycles. The summed E-state index contributed by atoms with van der Waals surface area (Å²) >= 11 is 2.32. The van der Waals surface area contributed by atoms with Crippen LogP contribution in [0.15, 0.2) is 79.0 Å². The van der Waals surface area contributed by atoms with Crippen molar-refractivity contribution >= 4 is 56.2 Å². The molecule has 1 N–H and O–H groups in total. The maximum Gasteiger partial charge on any atom is 0.149 e. The summed E-state index contributed by atoms with van der Waals surface area (Å²) in [6.45, 7) is 0.776. The van der Waals surface area contributed by atoms with E-state index >= 15 is 0 Å². The Morgan fingerprint density at radius 1 is 1.03 bits per heavy atom. The number of halogens is 1. The molecule has 0 atom stereocenters. The molecule has 3 aromatic carbocycles. The lowest BCUT2D eigenvalue weighted by atomic mass is 10.1. The summed E-state index contributed by atoms with van der Waals surface area (Å²) in [5, 5.41) is 10.9. The van der Waals surface area contributed by atoms with Crippen molar-refractivity contribution in [2.45, 2.75) is 6.54 Å². The number of nitrogens with zero attached hydrogens (tertiary/aromatic N) is 3. The molecule has 0 aliphatic carbocycles. The second-order valence-electron chi connectivity index (χ2n) is 7.13. The number of imidazole rings is 1. The third-order valence-corrected chi connectivity index (χ3v) is 5.87. The van der Waals surface area contributed by atoms with Crippen molar-refractivity contribution in [3.05, 3.63) is 99.5 Å². The first-order valence-corrected chi connectivity index (χ1v) is 10.7. The number of hydrogen-bond acceptors (Lipinski definition) is 2. The van der Waals surface area contributed by atoms with Crippen molar-refractivity contribution in [1.29, 1.82) is 5.26 Å². The molecule has 2 aromatic heterocycles. The minimum Gasteiger partial charge on any atom is -0.342 e. The van der Waals surface area contributed by atoms with Crippen molar-refractivity contribution in [2.24, 2.45) is 0 Å². The van der Waals surface area contributed by atoms with E-state index in [0.29, 0.717) is 11.4 Å². The highest BCUT2D eigenvalue weighted by molar-refractivity contribution is 14.1. The average molecular weight is 500 g/mol. The van der Waals surface area contributed by atoms with Gasteiger partial charge in [0, 0.05) is 32.8 Å². The smallest absolute Gasteiger partial charge is 0.149 e. The fourth-order valence-electron chi connectivity index (χ4n) is 3.70. The normalized spacial score (nSPS) is 11.8. The molecule has 0 saturated carbocycles. The molecule has 0 amide bonds. The maximum atomic E-state index is 9.82. The second kappa shape index (κ2) is 7.81. The van der Waals surface area contributed by atoms with E-state index in [1.165, 1.54) is 9.13 Å². The first-order chi connectivity index (χ1) is 14.7. The maximum absolute atomic E-state index is 9.82. The number of aromatic amines is 1. The van der Waals surface area contributed by atoms with Gasteiger partial charge in [0.05, 0.1) is 16.6 Å². The Kier molecular flexibility index (Phi) is 4.85. The Bertz CT molecular complexity index is 1400. The summed E-state index contributed by atoms with van der Waals surface area (Å²) < 4.78 is 3.46. The van der Waals surface area contributed by atoms with Crippen LogP contribution in [0.3, 0.4) is 0 Å². The molecule has 4 nitrogen and oxygen atoms in total. The molecule has 5 heteroatoms. The summed E-state index contributed by atoms with van der Waals surface area (Å²) in [4.78, 5) is 7.85. The molecule has 5 aromatic rings. The highest BCUT2D eigenvalue weighted by atomic mass is 127. The number of nitriles is 1. The van der Waals surface area contributed by atoms with E-state index in [-0.39, 0.29) is 0 Å². The molecular formula is C25H17IN4. The number of aromatic nitrogens is 3. The van der Waals surface area contributed by atoms with Gasteiger partial charge in [0.25, 0.3) is 0 Å². The van der Waals surface area contributed by atoms with Crippen LogP contribution in [0.2, 0.25) is 0 Å².